The van der Waals surface area contributed by atoms with Crippen molar-refractivity contribution in [2.75, 3.05) is 31.1 Å². The van der Waals surface area contributed by atoms with E-state index in [1.54, 1.807) is 6.92 Å². The van der Waals surface area contributed by atoms with Crippen molar-refractivity contribution in [3.05, 3.63) is 54.4 Å². The molecule has 0 amide bonds. The number of imidazole rings is 1. The van der Waals surface area contributed by atoms with Crippen molar-refractivity contribution in [2.24, 2.45) is 5.16 Å². The summed E-state index contributed by atoms with van der Waals surface area (Å²) in [5.74, 6) is 0.977. The van der Waals surface area contributed by atoms with E-state index in [9.17, 15) is 4.79 Å². The number of carbonyl (C=O) groups excluding carboxylic acids is 1. The lowest BCUT2D eigenvalue weighted by atomic mass is 10.1. The molecule has 2 aromatic carbocycles. The topological polar surface area (TPSA) is 63.0 Å². The SMILES string of the molecule is CC(=O)c1ccc2c(c1)ncn2-c1cccc(N2CCN(C(C)=NOC(C)C)CC2)c1.Cl. The van der Waals surface area contributed by atoms with Crippen LogP contribution in [0.5, 0.6) is 0 Å². The number of ketones is 1. The average molecular weight is 456 g/mol. The lowest BCUT2D eigenvalue weighted by Gasteiger charge is -2.37. The Hall–Kier alpha value is -3.06. The third-order valence-corrected chi connectivity index (χ3v) is 5.56. The molecule has 0 aliphatic carbocycles. The van der Waals surface area contributed by atoms with Gasteiger partial charge in [0, 0.05) is 43.1 Å². The second-order valence-electron chi connectivity index (χ2n) is 8.16. The monoisotopic (exact) mass is 455 g/mol. The van der Waals surface area contributed by atoms with Gasteiger partial charge in [-0.2, -0.15) is 0 Å². The molecule has 8 heteroatoms. The molecule has 1 aliphatic rings. The van der Waals surface area contributed by atoms with E-state index in [4.69, 9.17) is 4.84 Å². The van der Waals surface area contributed by atoms with Gasteiger partial charge >= 0.3 is 0 Å². The quantitative estimate of drug-likeness (QED) is 0.245. The van der Waals surface area contributed by atoms with Crippen molar-refractivity contribution < 1.29 is 9.63 Å². The zero-order valence-electron chi connectivity index (χ0n) is 19.0. The number of oxime groups is 1. The van der Waals surface area contributed by atoms with E-state index in [1.807, 2.05) is 45.3 Å². The highest BCUT2D eigenvalue weighted by atomic mass is 35.5. The van der Waals surface area contributed by atoms with Gasteiger partial charge in [0.25, 0.3) is 0 Å². The van der Waals surface area contributed by atoms with Crippen LogP contribution in [0.25, 0.3) is 16.7 Å². The Morgan fingerprint density at radius 1 is 1.03 bits per heavy atom. The van der Waals surface area contributed by atoms with Crippen LogP contribution in [0.2, 0.25) is 0 Å². The van der Waals surface area contributed by atoms with Crippen LogP contribution < -0.4 is 4.90 Å². The van der Waals surface area contributed by atoms with Gasteiger partial charge in [0.15, 0.2) is 5.78 Å². The molecule has 0 N–H and O–H groups in total. The van der Waals surface area contributed by atoms with Gasteiger partial charge in [-0.25, -0.2) is 4.98 Å². The number of halogens is 1. The molecule has 1 aromatic heterocycles. The minimum absolute atomic E-state index is 0. The van der Waals surface area contributed by atoms with Crippen molar-refractivity contribution >= 4 is 40.7 Å². The number of aromatic nitrogens is 2. The van der Waals surface area contributed by atoms with Crippen LogP contribution >= 0.6 is 12.4 Å². The zero-order valence-corrected chi connectivity index (χ0v) is 19.8. The number of hydrogen-bond acceptors (Lipinski definition) is 5. The van der Waals surface area contributed by atoms with E-state index < -0.39 is 0 Å². The molecule has 0 spiro atoms. The molecule has 4 rings (SSSR count). The number of amidine groups is 1. The first kappa shape index (κ1) is 23.6. The maximum absolute atomic E-state index is 11.7. The van der Waals surface area contributed by atoms with Gasteiger partial charge in [-0.3, -0.25) is 9.36 Å². The predicted octanol–water partition coefficient (Wildman–Crippen LogP) is 4.53. The Bertz CT molecular complexity index is 1120. The Kier molecular flexibility index (Phi) is 7.40. The van der Waals surface area contributed by atoms with Crippen molar-refractivity contribution in [3.63, 3.8) is 0 Å². The second-order valence-corrected chi connectivity index (χ2v) is 8.16. The largest absolute Gasteiger partial charge is 0.392 e. The van der Waals surface area contributed by atoms with Crippen LogP contribution in [-0.4, -0.2) is 58.4 Å². The van der Waals surface area contributed by atoms with Crippen molar-refractivity contribution in [1.82, 2.24) is 14.5 Å². The Morgan fingerprint density at radius 3 is 2.44 bits per heavy atom. The first-order chi connectivity index (χ1) is 14.9. The van der Waals surface area contributed by atoms with E-state index in [0.717, 1.165) is 48.7 Å². The summed E-state index contributed by atoms with van der Waals surface area (Å²) in [6, 6.07) is 14.2. The highest BCUT2D eigenvalue weighted by molar-refractivity contribution is 5.97. The number of nitrogens with zero attached hydrogens (tertiary/aromatic N) is 5. The Morgan fingerprint density at radius 2 is 1.75 bits per heavy atom. The van der Waals surface area contributed by atoms with Crippen molar-refractivity contribution in [1.29, 1.82) is 0 Å². The fraction of sp³-hybridized carbons (Fsp3) is 0.375. The molecule has 0 saturated carbocycles. The van der Waals surface area contributed by atoms with Crippen LogP contribution in [-0.2, 0) is 4.84 Å². The second kappa shape index (κ2) is 10.0. The van der Waals surface area contributed by atoms with Gasteiger partial charge < -0.3 is 14.6 Å². The number of carbonyl (C=O) groups is 1. The van der Waals surface area contributed by atoms with Crippen LogP contribution in [0, 0.1) is 0 Å². The summed E-state index contributed by atoms with van der Waals surface area (Å²) in [4.78, 5) is 26.2. The number of benzene rings is 2. The number of piperazine rings is 1. The summed E-state index contributed by atoms with van der Waals surface area (Å²) in [5.41, 5.74) is 4.74. The molecule has 0 bridgehead atoms. The average Bonchev–Trinajstić information content (AvgIpc) is 3.21. The normalized spacial score (nSPS) is 14.6. The minimum atomic E-state index is 0. The van der Waals surface area contributed by atoms with E-state index in [1.165, 1.54) is 5.69 Å². The Labute approximate surface area is 195 Å². The number of Topliss-reactive ketones (excluding diaryl/α,β-unsaturated/α-hetero) is 1. The highest BCUT2D eigenvalue weighted by Crippen LogP contribution is 2.24. The number of anilines is 1. The molecule has 3 aromatic rings. The van der Waals surface area contributed by atoms with Crippen LogP contribution in [0.4, 0.5) is 5.69 Å². The minimum Gasteiger partial charge on any atom is -0.392 e. The lowest BCUT2D eigenvalue weighted by Crippen LogP contribution is -2.48. The first-order valence-electron chi connectivity index (χ1n) is 10.7. The molecule has 1 fully saturated rings. The number of fused-ring (bicyclic) bond motifs is 1. The zero-order chi connectivity index (χ0) is 22.0. The fourth-order valence-corrected chi connectivity index (χ4v) is 3.80. The number of rotatable bonds is 5. The third-order valence-electron chi connectivity index (χ3n) is 5.56. The maximum atomic E-state index is 11.7. The first-order valence-corrected chi connectivity index (χ1v) is 10.7. The summed E-state index contributed by atoms with van der Waals surface area (Å²) in [5, 5.41) is 4.23. The van der Waals surface area contributed by atoms with Crippen molar-refractivity contribution in [3.8, 4) is 5.69 Å². The predicted molar refractivity (Wildman–Crippen MR) is 131 cm³/mol. The summed E-state index contributed by atoms with van der Waals surface area (Å²) < 4.78 is 2.07. The Balaban J connectivity index is 0.00000289. The van der Waals surface area contributed by atoms with Crippen molar-refractivity contribution in [2.45, 2.75) is 33.8 Å². The molecule has 170 valence electrons. The van der Waals surface area contributed by atoms with Gasteiger partial charge in [0.2, 0.25) is 0 Å². The summed E-state index contributed by atoms with van der Waals surface area (Å²) in [7, 11) is 0. The van der Waals surface area contributed by atoms with Gasteiger partial charge in [-0.05, 0) is 64.1 Å². The number of hydrogen-bond donors (Lipinski definition) is 0. The van der Waals surface area contributed by atoms with Gasteiger partial charge in [0.1, 0.15) is 18.3 Å². The summed E-state index contributed by atoms with van der Waals surface area (Å²) >= 11 is 0. The molecule has 0 radical (unpaired) electrons. The summed E-state index contributed by atoms with van der Waals surface area (Å²) in [6.07, 6.45) is 1.91. The molecule has 7 nitrogen and oxygen atoms in total. The molecule has 0 unspecified atom stereocenters. The molecule has 2 heterocycles. The van der Waals surface area contributed by atoms with E-state index >= 15 is 0 Å². The summed E-state index contributed by atoms with van der Waals surface area (Å²) in [6.45, 7) is 11.2. The molecule has 32 heavy (non-hydrogen) atoms. The molecule has 1 aliphatic heterocycles. The highest BCUT2D eigenvalue weighted by Gasteiger charge is 2.19. The third kappa shape index (κ3) is 5.05. The molecular weight excluding hydrogens is 426 g/mol. The smallest absolute Gasteiger partial charge is 0.159 e. The fourth-order valence-electron chi connectivity index (χ4n) is 3.80. The van der Waals surface area contributed by atoms with E-state index in [2.05, 4.69) is 48.8 Å². The lowest BCUT2D eigenvalue weighted by molar-refractivity contribution is 0.0819. The standard InChI is InChI=1S/C24H29N5O2.ClH/c1-17(2)31-26-19(4)27-10-12-28(13-11-27)21-6-5-7-22(15-21)29-16-25-23-14-20(18(3)30)8-9-24(23)29;/h5-9,14-17H,10-13H2,1-4H3;1H. The van der Waals surface area contributed by atoms with Crippen LogP contribution in [0.15, 0.2) is 53.9 Å². The van der Waals surface area contributed by atoms with Gasteiger partial charge in [-0.15, -0.1) is 12.4 Å². The van der Waals surface area contributed by atoms with E-state index in [0.29, 0.717) is 5.56 Å². The van der Waals surface area contributed by atoms with Crippen LogP contribution in [0.1, 0.15) is 38.1 Å². The van der Waals surface area contributed by atoms with E-state index in [-0.39, 0.29) is 24.3 Å². The molecule has 1 saturated heterocycles. The maximum Gasteiger partial charge on any atom is 0.159 e. The van der Waals surface area contributed by atoms with Gasteiger partial charge in [-0.1, -0.05) is 11.2 Å². The van der Waals surface area contributed by atoms with Crippen LogP contribution in [0.3, 0.4) is 0 Å². The molecule has 0 atom stereocenters. The molecular formula is C24H30ClN5O2. The van der Waals surface area contributed by atoms with Gasteiger partial charge in [0.05, 0.1) is 11.0 Å².